The van der Waals surface area contributed by atoms with Crippen LogP contribution in [0.25, 0.3) is 0 Å². The predicted molar refractivity (Wildman–Crippen MR) is 56.5 cm³/mol. The second-order valence-electron chi connectivity index (χ2n) is 3.22. The average molecular weight is 502 g/mol. The Morgan fingerprint density at radius 2 is 0.870 bits per heavy atom. The fourth-order valence-corrected chi connectivity index (χ4v) is 4.25. The summed E-state index contributed by atoms with van der Waals surface area (Å²) in [6, 6.07) is 0. The Morgan fingerprint density at radius 1 is 0.696 bits per heavy atom. The van der Waals surface area contributed by atoms with Crippen LogP contribution >= 0.6 is 30.4 Å². The SMILES string of the molecule is COP(=O)([O-])C(O)P(=O)([O-])[O-].COP(=O)([O-])C(O)P(=O)([O-])[O-].[Mo+6]. The van der Waals surface area contributed by atoms with Crippen molar-refractivity contribution in [2.45, 2.75) is 11.2 Å². The van der Waals surface area contributed by atoms with E-state index in [9.17, 15) is 47.6 Å². The van der Waals surface area contributed by atoms with E-state index in [1.807, 2.05) is 0 Å². The number of rotatable bonds is 6. The van der Waals surface area contributed by atoms with Crippen molar-refractivity contribution < 1.29 is 87.9 Å². The standard InChI is InChI=1S/2C2H8O7P2.Mo/c2*1-9-11(7,8)2(3)10(4,5)6;/h2*2-3H,1H3,(H,7,8)(H2,4,5,6);/q;;+6/p-6. The maximum atomic E-state index is 10.3. The summed E-state index contributed by atoms with van der Waals surface area (Å²) in [4.78, 5) is 60.3. The summed E-state index contributed by atoms with van der Waals surface area (Å²) < 4.78 is 47.7. The molecule has 0 saturated carbocycles. The molecule has 0 amide bonds. The second kappa shape index (κ2) is 10.4. The molecule has 0 aliphatic heterocycles. The van der Waals surface area contributed by atoms with Gasteiger partial charge in [0, 0.05) is 14.2 Å². The van der Waals surface area contributed by atoms with Gasteiger partial charge >= 0.3 is 21.1 Å². The molecule has 0 aliphatic carbocycles. The van der Waals surface area contributed by atoms with E-state index in [1.165, 1.54) is 0 Å². The van der Waals surface area contributed by atoms with Crippen molar-refractivity contribution in [2.75, 3.05) is 14.2 Å². The summed E-state index contributed by atoms with van der Waals surface area (Å²) >= 11 is 0. The molecule has 0 rings (SSSR count). The Hall–Kier alpha value is 1.21. The van der Waals surface area contributed by atoms with Crippen molar-refractivity contribution in [3.63, 3.8) is 0 Å². The van der Waals surface area contributed by atoms with Crippen molar-refractivity contribution >= 4 is 30.4 Å². The van der Waals surface area contributed by atoms with Gasteiger partial charge in [0.25, 0.3) is 0 Å². The van der Waals surface area contributed by atoms with Crippen LogP contribution in [0.5, 0.6) is 0 Å². The quantitative estimate of drug-likeness (QED) is 0.254. The Labute approximate surface area is 144 Å². The molecular formula is C4H10MoO14P4. The van der Waals surface area contributed by atoms with E-state index in [4.69, 9.17) is 10.2 Å². The monoisotopic (exact) mass is 504 g/mol. The second-order valence-corrected chi connectivity index (χ2v) is 11.0. The van der Waals surface area contributed by atoms with Gasteiger partial charge in [-0.05, 0) is 15.2 Å². The molecule has 23 heavy (non-hydrogen) atoms. The first-order valence-electron chi connectivity index (χ1n) is 4.56. The maximum Gasteiger partial charge on any atom is 6.00 e. The van der Waals surface area contributed by atoms with Crippen molar-refractivity contribution in [2.24, 2.45) is 0 Å². The summed E-state index contributed by atoms with van der Waals surface area (Å²) in [7, 11) is -19.7. The van der Waals surface area contributed by atoms with Crippen LogP contribution in [-0.4, -0.2) is 35.6 Å². The molecule has 14 nitrogen and oxygen atoms in total. The van der Waals surface area contributed by atoms with E-state index in [1.54, 1.807) is 0 Å². The molecule has 0 aliphatic rings. The zero-order chi connectivity index (χ0) is 18.6. The van der Waals surface area contributed by atoms with Crippen LogP contribution < -0.4 is 29.4 Å². The smallest absolute Gasteiger partial charge is 0.809 e. The van der Waals surface area contributed by atoms with Crippen LogP contribution in [0.3, 0.4) is 0 Å². The first kappa shape index (κ1) is 29.0. The van der Waals surface area contributed by atoms with Gasteiger partial charge < -0.3 is 66.9 Å². The van der Waals surface area contributed by atoms with E-state index in [-0.39, 0.29) is 21.1 Å². The minimum atomic E-state index is -5.54. The number of hydrogen-bond donors (Lipinski definition) is 2. The Balaban J connectivity index is -0.000000333. The first-order chi connectivity index (χ1) is 9.43. The molecule has 2 N–H and O–H groups in total. The minimum Gasteiger partial charge on any atom is -0.809 e. The zero-order valence-electron chi connectivity index (χ0n) is 11.1. The fourth-order valence-electron chi connectivity index (χ4n) is 0.535. The van der Waals surface area contributed by atoms with Crippen molar-refractivity contribution in [1.29, 1.82) is 0 Å². The third kappa shape index (κ3) is 10.7. The molecule has 0 bridgehead atoms. The van der Waals surface area contributed by atoms with Crippen LogP contribution in [0.2, 0.25) is 0 Å². The van der Waals surface area contributed by atoms with Crippen LogP contribution in [-0.2, 0) is 48.4 Å². The predicted octanol–water partition coefficient (Wildman–Crippen LogP) is -5.25. The third-order valence-corrected chi connectivity index (χ3v) is 8.32. The molecule has 0 heterocycles. The van der Waals surface area contributed by atoms with Gasteiger partial charge in [0.2, 0.25) is 0 Å². The summed E-state index contributed by atoms with van der Waals surface area (Å²) in [5, 5.41) is 16.6. The van der Waals surface area contributed by atoms with Crippen molar-refractivity contribution in [1.82, 2.24) is 0 Å². The van der Waals surface area contributed by atoms with E-state index in [0.29, 0.717) is 14.2 Å². The molecule has 0 saturated heterocycles. The first-order valence-corrected chi connectivity index (χ1v) is 11.0. The fraction of sp³-hybridized carbons (Fsp3) is 1.00. The normalized spacial score (nSPS) is 19.9. The van der Waals surface area contributed by atoms with Crippen LogP contribution in [0.1, 0.15) is 0 Å². The largest absolute Gasteiger partial charge is 6.00 e. The molecule has 4 atom stereocenters. The minimum absolute atomic E-state index is 0. The topological polar surface area (TPSA) is 266 Å². The molecule has 136 valence electrons. The van der Waals surface area contributed by atoms with Gasteiger partial charge in [-0.25, -0.2) is 0 Å². The van der Waals surface area contributed by atoms with Gasteiger partial charge in [0.05, 0.1) is 0 Å². The number of aliphatic hydroxyl groups excluding tert-OH is 2. The van der Waals surface area contributed by atoms with Gasteiger partial charge in [0.1, 0.15) is 11.2 Å². The Bertz CT molecular complexity index is 487. The van der Waals surface area contributed by atoms with Crippen LogP contribution in [0, 0.1) is 0 Å². The summed E-state index contributed by atoms with van der Waals surface area (Å²) in [6.07, 6.45) is 0. The van der Waals surface area contributed by atoms with Gasteiger partial charge in [-0.3, -0.25) is 0 Å². The van der Waals surface area contributed by atoms with Crippen molar-refractivity contribution in [3.05, 3.63) is 0 Å². The molecule has 0 spiro atoms. The average Bonchev–Trinajstić information content (AvgIpc) is 2.35. The third-order valence-electron chi connectivity index (χ3n) is 1.64. The molecule has 4 unspecified atom stereocenters. The van der Waals surface area contributed by atoms with Crippen molar-refractivity contribution in [3.8, 4) is 0 Å². The Kier molecular flexibility index (Phi) is 13.1. The Morgan fingerprint density at radius 3 is 0.913 bits per heavy atom. The summed E-state index contributed by atoms with van der Waals surface area (Å²) in [5.74, 6) is 0. The number of hydrogen-bond acceptors (Lipinski definition) is 14. The maximum absolute atomic E-state index is 10.3. The van der Waals surface area contributed by atoms with Crippen LogP contribution in [0.15, 0.2) is 0 Å². The van der Waals surface area contributed by atoms with Gasteiger partial charge in [-0.1, -0.05) is 0 Å². The van der Waals surface area contributed by atoms with E-state index in [2.05, 4.69) is 9.05 Å². The van der Waals surface area contributed by atoms with E-state index >= 15 is 0 Å². The zero-order valence-corrected chi connectivity index (χ0v) is 16.7. The van der Waals surface area contributed by atoms with Gasteiger partial charge in [-0.2, -0.15) is 0 Å². The van der Waals surface area contributed by atoms with Crippen LogP contribution in [0.4, 0.5) is 0 Å². The summed E-state index contributed by atoms with van der Waals surface area (Å²) in [5.41, 5.74) is -6.00. The van der Waals surface area contributed by atoms with E-state index < -0.39 is 41.6 Å². The molecule has 0 fully saturated rings. The molecular weight excluding hydrogens is 492 g/mol. The van der Waals surface area contributed by atoms with Gasteiger partial charge in [0.15, 0.2) is 15.2 Å². The number of aliphatic hydroxyl groups is 2. The molecule has 0 aromatic heterocycles. The molecule has 0 aromatic rings. The molecule has 0 radical (unpaired) electrons. The van der Waals surface area contributed by atoms with Gasteiger partial charge in [-0.15, -0.1) is 0 Å². The van der Waals surface area contributed by atoms with E-state index in [0.717, 1.165) is 0 Å². The summed E-state index contributed by atoms with van der Waals surface area (Å²) in [6.45, 7) is 0. The molecule has 19 heteroatoms. The molecule has 0 aromatic carbocycles.